The summed E-state index contributed by atoms with van der Waals surface area (Å²) < 4.78 is 38.6. The van der Waals surface area contributed by atoms with Crippen molar-refractivity contribution in [3.05, 3.63) is 53.2 Å². The first-order valence-corrected chi connectivity index (χ1v) is 9.46. The van der Waals surface area contributed by atoms with Crippen molar-refractivity contribution < 1.29 is 18.0 Å². The molecule has 1 aliphatic rings. The molecule has 1 amide bonds. The van der Waals surface area contributed by atoms with E-state index < -0.39 is 11.7 Å². The maximum Gasteiger partial charge on any atom is 0.416 e. The van der Waals surface area contributed by atoms with Gasteiger partial charge in [-0.05, 0) is 62.2 Å². The number of likely N-dealkylation sites (tertiary alicyclic amines) is 1. The molecule has 2 aromatic rings. The number of rotatable bonds is 5. The van der Waals surface area contributed by atoms with Crippen LogP contribution in [0.5, 0.6) is 0 Å². The number of nitrogens with one attached hydrogen (secondary N) is 2. The summed E-state index contributed by atoms with van der Waals surface area (Å²) in [6.07, 6.45) is -2.37. The molecule has 3 rings (SSSR count). The van der Waals surface area contributed by atoms with E-state index in [1.54, 1.807) is 24.3 Å². The lowest BCUT2D eigenvalue weighted by Crippen LogP contribution is -2.39. The van der Waals surface area contributed by atoms with Gasteiger partial charge in [-0.2, -0.15) is 13.2 Å². The first-order valence-electron chi connectivity index (χ1n) is 9.46. The first kappa shape index (κ1) is 21.0. The number of nitrogens with zero attached hydrogens (tertiary/aromatic N) is 3. The van der Waals surface area contributed by atoms with Crippen LogP contribution in [-0.2, 0) is 6.18 Å². The van der Waals surface area contributed by atoms with Crippen molar-refractivity contribution in [2.45, 2.75) is 25.1 Å². The average Bonchev–Trinajstić information content (AvgIpc) is 2.71. The molecular weight excluding hydrogens is 383 g/mol. The smallest absolute Gasteiger partial charge is 0.368 e. The molecule has 29 heavy (non-hydrogen) atoms. The Morgan fingerprint density at radius 2 is 1.90 bits per heavy atom. The van der Waals surface area contributed by atoms with E-state index in [0.29, 0.717) is 12.4 Å². The lowest BCUT2D eigenvalue weighted by molar-refractivity contribution is -0.137. The Kier molecular flexibility index (Phi) is 6.36. The van der Waals surface area contributed by atoms with Crippen molar-refractivity contribution in [1.29, 1.82) is 0 Å². The molecule has 1 aromatic carbocycles. The Morgan fingerprint density at radius 1 is 1.17 bits per heavy atom. The average molecular weight is 407 g/mol. The fourth-order valence-corrected chi connectivity index (χ4v) is 3.78. The zero-order valence-corrected chi connectivity index (χ0v) is 16.3. The van der Waals surface area contributed by atoms with Gasteiger partial charge in [-0.3, -0.25) is 9.69 Å². The van der Waals surface area contributed by atoms with Crippen LogP contribution < -0.4 is 10.6 Å². The van der Waals surface area contributed by atoms with Crippen LogP contribution in [0, 0.1) is 5.92 Å². The van der Waals surface area contributed by atoms with Crippen LogP contribution in [-0.4, -0.2) is 48.2 Å². The highest BCUT2D eigenvalue weighted by atomic mass is 19.4. The highest BCUT2D eigenvalue weighted by Gasteiger charge is 2.33. The lowest BCUT2D eigenvalue weighted by atomic mass is 9.84. The maximum absolute atomic E-state index is 12.9. The topological polar surface area (TPSA) is 70.2 Å². The fraction of sp³-hybridized carbons (Fsp3) is 0.450. The van der Waals surface area contributed by atoms with Crippen LogP contribution in [0.2, 0.25) is 0 Å². The van der Waals surface area contributed by atoms with Gasteiger partial charge >= 0.3 is 6.18 Å². The van der Waals surface area contributed by atoms with Gasteiger partial charge in [0, 0.05) is 19.6 Å². The summed E-state index contributed by atoms with van der Waals surface area (Å²) in [5.41, 5.74) is 0.465. The molecule has 1 saturated heterocycles. The molecule has 156 valence electrons. The number of carbonyl (C=O) groups excluding carboxylic acids is 1. The van der Waals surface area contributed by atoms with Gasteiger partial charge in [-0.25, -0.2) is 0 Å². The summed E-state index contributed by atoms with van der Waals surface area (Å²) in [7, 11) is 3.52. The molecule has 2 heterocycles. The Balaban J connectivity index is 1.71. The second-order valence-corrected chi connectivity index (χ2v) is 7.21. The van der Waals surface area contributed by atoms with E-state index in [2.05, 4.69) is 25.7 Å². The van der Waals surface area contributed by atoms with Crippen LogP contribution in [0.3, 0.4) is 0 Å². The third kappa shape index (κ3) is 5.03. The predicted molar refractivity (Wildman–Crippen MR) is 103 cm³/mol. The minimum Gasteiger partial charge on any atom is -0.368 e. The molecule has 9 heteroatoms. The van der Waals surface area contributed by atoms with Gasteiger partial charge in [0.15, 0.2) is 5.69 Å². The molecule has 0 spiro atoms. The van der Waals surface area contributed by atoms with Gasteiger partial charge in [-0.1, -0.05) is 12.1 Å². The third-order valence-electron chi connectivity index (χ3n) is 5.26. The van der Waals surface area contributed by atoms with E-state index in [1.165, 1.54) is 7.05 Å². The van der Waals surface area contributed by atoms with Gasteiger partial charge in [0.2, 0.25) is 0 Å². The first-order chi connectivity index (χ1) is 13.8. The summed E-state index contributed by atoms with van der Waals surface area (Å²) in [6.45, 7) is 1.49. The molecule has 1 aromatic heterocycles. The lowest BCUT2D eigenvalue weighted by Gasteiger charge is -2.39. The summed E-state index contributed by atoms with van der Waals surface area (Å²) in [5, 5.41) is 13.7. The minimum absolute atomic E-state index is 0.0108. The zero-order chi connectivity index (χ0) is 21.0. The molecule has 1 aliphatic heterocycles. The SMILES string of the molecule is CNC(=O)c1ccc(NCC2CCCN(C)C2c2ccc(C(F)(F)F)cc2)nn1. The van der Waals surface area contributed by atoms with E-state index in [1.807, 2.05) is 7.05 Å². The summed E-state index contributed by atoms with van der Waals surface area (Å²) in [5.74, 6) is 0.447. The van der Waals surface area contributed by atoms with Crippen LogP contribution in [0.4, 0.5) is 19.0 Å². The molecule has 0 bridgehead atoms. The number of benzene rings is 1. The summed E-state index contributed by atoms with van der Waals surface area (Å²) in [6, 6.07) is 8.72. The molecule has 1 fully saturated rings. The normalized spacial score (nSPS) is 20.3. The van der Waals surface area contributed by atoms with E-state index in [0.717, 1.165) is 37.1 Å². The number of carbonyl (C=O) groups is 1. The highest BCUT2D eigenvalue weighted by Crippen LogP contribution is 2.37. The van der Waals surface area contributed by atoms with Crippen LogP contribution in [0.1, 0.15) is 40.5 Å². The predicted octanol–water partition coefficient (Wildman–Crippen LogP) is 3.35. The standard InChI is InChI=1S/C20H24F3N5O/c1-24-19(29)16-9-10-17(27-26-16)25-12-14-4-3-11-28(2)18(14)13-5-7-15(8-6-13)20(21,22)23/h5-10,14,18H,3-4,11-12H2,1-2H3,(H,24,29)(H,25,27). The van der Waals surface area contributed by atoms with E-state index in [4.69, 9.17) is 0 Å². The Labute approximate surface area is 167 Å². The molecule has 2 atom stereocenters. The Hall–Kier alpha value is -2.68. The van der Waals surface area contributed by atoms with Gasteiger partial charge in [0.25, 0.3) is 5.91 Å². The number of amides is 1. The van der Waals surface area contributed by atoms with Crippen molar-refractivity contribution in [2.75, 3.05) is 32.5 Å². The number of halogens is 3. The molecule has 6 nitrogen and oxygen atoms in total. The maximum atomic E-state index is 12.9. The Bertz CT molecular complexity index is 824. The van der Waals surface area contributed by atoms with Crippen molar-refractivity contribution in [2.24, 2.45) is 5.92 Å². The monoisotopic (exact) mass is 407 g/mol. The van der Waals surface area contributed by atoms with E-state index in [-0.39, 0.29) is 23.6 Å². The molecule has 2 unspecified atom stereocenters. The van der Waals surface area contributed by atoms with Crippen molar-refractivity contribution in [3.8, 4) is 0 Å². The molecule has 0 saturated carbocycles. The number of alkyl halides is 3. The van der Waals surface area contributed by atoms with Crippen LogP contribution >= 0.6 is 0 Å². The molecule has 2 N–H and O–H groups in total. The number of aromatic nitrogens is 2. The van der Waals surface area contributed by atoms with Crippen LogP contribution in [0.25, 0.3) is 0 Å². The third-order valence-corrected chi connectivity index (χ3v) is 5.26. The van der Waals surface area contributed by atoms with Crippen molar-refractivity contribution in [3.63, 3.8) is 0 Å². The number of hydrogen-bond donors (Lipinski definition) is 2. The van der Waals surface area contributed by atoms with Gasteiger partial charge in [0.1, 0.15) is 5.82 Å². The largest absolute Gasteiger partial charge is 0.416 e. The van der Waals surface area contributed by atoms with Gasteiger partial charge in [0.05, 0.1) is 5.56 Å². The fourth-order valence-electron chi connectivity index (χ4n) is 3.78. The number of anilines is 1. The van der Waals surface area contributed by atoms with E-state index >= 15 is 0 Å². The van der Waals surface area contributed by atoms with E-state index in [9.17, 15) is 18.0 Å². The van der Waals surface area contributed by atoms with Crippen molar-refractivity contribution in [1.82, 2.24) is 20.4 Å². The summed E-state index contributed by atoms with van der Waals surface area (Å²) >= 11 is 0. The van der Waals surface area contributed by atoms with Crippen molar-refractivity contribution >= 4 is 11.7 Å². The number of piperidine rings is 1. The summed E-state index contributed by atoms with van der Waals surface area (Å²) in [4.78, 5) is 13.7. The van der Waals surface area contributed by atoms with Crippen LogP contribution in [0.15, 0.2) is 36.4 Å². The highest BCUT2D eigenvalue weighted by molar-refractivity contribution is 5.91. The van der Waals surface area contributed by atoms with Gasteiger partial charge in [-0.15, -0.1) is 10.2 Å². The molecular formula is C20H24F3N5O. The molecule has 0 aliphatic carbocycles. The Morgan fingerprint density at radius 3 is 2.48 bits per heavy atom. The second kappa shape index (κ2) is 8.77. The second-order valence-electron chi connectivity index (χ2n) is 7.21. The quantitative estimate of drug-likeness (QED) is 0.796. The minimum atomic E-state index is -4.34. The molecule has 0 radical (unpaired) electrons. The number of hydrogen-bond acceptors (Lipinski definition) is 5. The zero-order valence-electron chi connectivity index (χ0n) is 16.3. The van der Waals surface area contributed by atoms with Gasteiger partial charge < -0.3 is 10.6 Å².